The van der Waals surface area contributed by atoms with Crippen molar-refractivity contribution >= 4 is 17.5 Å². The van der Waals surface area contributed by atoms with E-state index in [0.717, 1.165) is 18.5 Å². The van der Waals surface area contributed by atoms with Gasteiger partial charge in [-0.25, -0.2) is 0 Å². The van der Waals surface area contributed by atoms with Crippen molar-refractivity contribution in [2.75, 3.05) is 11.9 Å². The lowest BCUT2D eigenvalue weighted by molar-refractivity contribution is 0.0651. The first kappa shape index (κ1) is 16.5. The summed E-state index contributed by atoms with van der Waals surface area (Å²) >= 11 is 0. The van der Waals surface area contributed by atoms with Crippen molar-refractivity contribution in [2.24, 2.45) is 0 Å². The van der Waals surface area contributed by atoms with Crippen LogP contribution in [0.15, 0.2) is 18.2 Å². The van der Waals surface area contributed by atoms with Gasteiger partial charge in [0.15, 0.2) is 0 Å². The van der Waals surface area contributed by atoms with Gasteiger partial charge in [-0.2, -0.15) is 0 Å². The van der Waals surface area contributed by atoms with Gasteiger partial charge in [-0.3, -0.25) is 14.5 Å². The van der Waals surface area contributed by atoms with Gasteiger partial charge in [0.1, 0.15) is 0 Å². The van der Waals surface area contributed by atoms with Gasteiger partial charge >= 0.3 is 0 Å². The van der Waals surface area contributed by atoms with Crippen LogP contribution in [0.1, 0.15) is 73.6 Å². The van der Waals surface area contributed by atoms with Crippen molar-refractivity contribution in [3.05, 3.63) is 29.3 Å². The Balaban J connectivity index is 2.02. The van der Waals surface area contributed by atoms with Gasteiger partial charge in [0.05, 0.1) is 11.1 Å². The number of anilines is 1. The van der Waals surface area contributed by atoms with E-state index >= 15 is 0 Å². The lowest BCUT2D eigenvalue weighted by atomic mass is 10.1. The summed E-state index contributed by atoms with van der Waals surface area (Å²) in [6.45, 7) is 6.79. The number of carbonyl (C=O) groups is 2. The van der Waals surface area contributed by atoms with E-state index in [1.54, 1.807) is 12.1 Å². The van der Waals surface area contributed by atoms with Gasteiger partial charge in [0, 0.05) is 18.3 Å². The van der Waals surface area contributed by atoms with Crippen LogP contribution in [-0.4, -0.2) is 29.3 Å². The van der Waals surface area contributed by atoms with Crippen LogP contribution < -0.4 is 5.32 Å². The van der Waals surface area contributed by atoms with E-state index in [1.807, 2.05) is 19.9 Å². The average Bonchev–Trinajstić information content (AvgIpc) is 2.71. The molecule has 0 aliphatic carbocycles. The second-order valence-corrected chi connectivity index (χ2v) is 6.24. The van der Waals surface area contributed by atoms with E-state index in [2.05, 4.69) is 12.2 Å². The summed E-state index contributed by atoms with van der Waals surface area (Å²) < 4.78 is 0. The minimum atomic E-state index is -0.150. The zero-order valence-corrected chi connectivity index (χ0v) is 13.8. The highest BCUT2D eigenvalue weighted by Gasteiger charge is 2.35. The number of hydrogen-bond acceptors (Lipinski definition) is 3. The number of unbranched alkanes of at least 4 members (excludes halogenated alkanes) is 4. The monoisotopic (exact) mass is 302 g/mol. The predicted octanol–water partition coefficient (Wildman–Crippen LogP) is 4.07. The van der Waals surface area contributed by atoms with Crippen molar-refractivity contribution < 1.29 is 9.59 Å². The summed E-state index contributed by atoms with van der Waals surface area (Å²) in [5, 5.41) is 3.27. The van der Waals surface area contributed by atoms with E-state index in [1.165, 1.54) is 24.2 Å². The maximum atomic E-state index is 12.4. The summed E-state index contributed by atoms with van der Waals surface area (Å²) in [5.41, 5.74) is 1.96. The molecule has 1 N–H and O–H groups in total. The van der Waals surface area contributed by atoms with Gasteiger partial charge in [0.2, 0.25) is 0 Å². The highest BCUT2D eigenvalue weighted by Crippen LogP contribution is 2.26. The van der Waals surface area contributed by atoms with Crippen molar-refractivity contribution in [3.63, 3.8) is 0 Å². The summed E-state index contributed by atoms with van der Waals surface area (Å²) in [5.74, 6) is -0.297. The Bertz CT molecular complexity index is 552. The Hall–Kier alpha value is -1.84. The minimum Gasteiger partial charge on any atom is -0.383 e. The third-order valence-corrected chi connectivity index (χ3v) is 3.91. The van der Waals surface area contributed by atoms with Gasteiger partial charge in [-0.15, -0.1) is 0 Å². The average molecular weight is 302 g/mol. The van der Waals surface area contributed by atoms with Gasteiger partial charge in [-0.1, -0.05) is 32.6 Å². The number of carbonyl (C=O) groups excluding carboxylic acids is 2. The normalized spacial score (nSPS) is 13.9. The second-order valence-electron chi connectivity index (χ2n) is 6.24. The molecule has 4 heteroatoms. The van der Waals surface area contributed by atoms with E-state index in [0.29, 0.717) is 23.7 Å². The molecule has 0 saturated carbocycles. The fraction of sp³-hybridized carbons (Fsp3) is 0.556. The maximum absolute atomic E-state index is 12.4. The summed E-state index contributed by atoms with van der Waals surface area (Å²) in [6, 6.07) is 5.72. The summed E-state index contributed by atoms with van der Waals surface area (Å²) in [7, 11) is 0. The molecule has 1 aliphatic rings. The Labute approximate surface area is 132 Å². The zero-order valence-electron chi connectivity index (χ0n) is 13.8. The quantitative estimate of drug-likeness (QED) is 0.581. The van der Waals surface area contributed by atoms with Crippen molar-refractivity contribution in [2.45, 2.75) is 58.9 Å². The fourth-order valence-electron chi connectivity index (χ4n) is 2.79. The molecule has 2 amide bonds. The van der Waals surface area contributed by atoms with E-state index < -0.39 is 0 Å². The molecule has 2 rings (SSSR count). The first-order valence-corrected chi connectivity index (χ1v) is 8.31. The topological polar surface area (TPSA) is 49.4 Å². The molecular formula is C18H26N2O2. The van der Waals surface area contributed by atoms with Crippen LogP contribution in [0.25, 0.3) is 0 Å². The molecule has 1 aliphatic heterocycles. The molecule has 0 unspecified atom stereocenters. The highest BCUT2D eigenvalue weighted by atomic mass is 16.2. The molecule has 0 radical (unpaired) electrons. The van der Waals surface area contributed by atoms with Gasteiger partial charge < -0.3 is 5.32 Å². The third kappa shape index (κ3) is 3.67. The largest absolute Gasteiger partial charge is 0.383 e. The number of nitrogens with zero attached hydrogens (tertiary/aromatic N) is 1. The van der Waals surface area contributed by atoms with Crippen LogP contribution in [0, 0.1) is 0 Å². The summed E-state index contributed by atoms with van der Waals surface area (Å²) in [4.78, 5) is 26.2. The first-order valence-electron chi connectivity index (χ1n) is 8.31. The molecule has 0 aromatic heterocycles. The van der Waals surface area contributed by atoms with Crippen molar-refractivity contribution in [1.29, 1.82) is 0 Å². The predicted molar refractivity (Wildman–Crippen MR) is 89.3 cm³/mol. The molecule has 0 spiro atoms. The molecule has 0 bridgehead atoms. The maximum Gasteiger partial charge on any atom is 0.261 e. The molecule has 1 heterocycles. The summed E-state index contributed by atoms with van der Waals surface area (Å²) in [6.07, 6.45) is 5.54. The fourth-order valence-corrected chi connectivity index (χ4v) is 2.79. The zero-order chi connectivity index (χ0) is 16.1. The molecule has 22 heavy (non-hydrogen) atoms. The SMILES string of the molecule is CCCCCCCN1C(=O)c2ccc(NC(C)C)cc2C1=O. The number of imide groups is 1. The molecular weight excluding hydrogens is 276 g/mol. The number of amides is 2. The molecule has 1 aromatic carbocycles. The molecule has 0 atom stereocenters. The van der Waals surface area contributed by atoms with Crippen LogP contribution in [-0.2, 0) is 0 Å². The number of fused-ring (bicyclic) bond motifs is 1. The Morgan fingerprint density at radius 1 is 1.00 bits per heavy atom. The smallest absolute Gasteiger partial charge is 0.261 e. The van der Waals surface area contributed by atoms with Gasteiger partial charge in [-0.05, 0) is 38.5 Å². The highest BCUT2D eigenvalue weighted by molar-refractivity contribution is 6.21. The van der Waals surface area contributed by atoms with Crippen LogP contribution in [0.5, 0.6) is 0 Å². The first-order chi connectivity index (χ1) is 10.5. The van der Waals surface area contributed by atoms with Crippen molar-refractivity contribution in [1.82, 2.24) is 4.90 Å². The molecule has 1 aromatic rings. The number of nitrogens with one attached hydrogen (secondary N) is 1. The lowest BCUT2D eigenvalue weighted by Crippen LogP contribution is -2.30. The Morgan fingerprint density at radius 3 is 2.36 bits per heavy atom. The minimum absolute atomic E-state index is 0.147. The van der Waals surface area contributed by atoms with E-state index in [4.69, 9.17) is 0 Å². The van der Waals surface area contributed by atoms with Gasteiger partial charge in [0.25, 0.3) is 11.8 Å². The lowest BCUT2D eigenvalue weighted by Gasteiger charge is -2.13. The van der Waals surface area contributed by atoms with Crippen LogP contribution in [0.2, 0.25) is 0 Å². The molecule has 120 valence electrons. The standard InChI is InChI=1S/C18H26N2O2/c1-4-5-6-7-8-11-20-17(21)15-10-9-14(19-13(2)3)12-16(15)18(20)22/h9-10,12-13,19H,4-8,11H2,1-3H3. The van der Waals surface area contributed by atoms with Crippen LogP contribution in [0.4, 0.5) is 5.69 Å². The third-order valence-electron chi connectivity index (χ3n) is 3.91. The molecule has 0 saturated heterocycles. The molecule has 4 nitrogen and oxygen atoms in total. The van der Waals surface area contributed by atoms with Crippen LogP contribution >= 0.6 is 0 Å². The number of benzene rings is 1. The van der Waals surface area contributed by atoms with E-state index in [-0.39, 0.29) is 11.8 Å². The second kappa shape index (κ2) is 7.43. The Kier molecular flexibility index (Phi) is 5.58. The van der Waals surface area contributed by atoms with E-state index in [9.17, 15) is 9.59 Å². The number of rotatable bonds is 8. The van der Waals surface area contributed by atoms with Crippen molar-refractivity contribution in [3.8, 4) is 0 Å². The molecule has 0 fully saturated rings. The number of hydrogen-bond donors (Lipinski definition) is 1. The van der Waals surface area contributed by atoms with Crippen LogP contribution in [0.3, 0.4) is 0 Å². The Morgan fingerprint density at radius 2 is 1.68 bits per heavy atom.